The average Bonchev–Trinajstić information content (AvgIpc) is 2.27. The summed E-state index contributed by atoms with van der Waals surface area (Å²) in [6, 6.07) is 7.31. The lowest BCUT2D eigenvalue weighted by Gasteiger charge is -2.14. The van der Waals surface area contributed by atoms with Crippen LogP contribution in [0.4, 0.5) is 0 Å². The number of nitrogens with one attached hydrogen (secondary N) is 1. The molecule has 0 spiro atoms. The fourth-order valence-electron chi connectivity index (χ4n) is 1.52. The summed E-state index contributed by atoms with van der Waals surface area (Å²) in [5.74, 6) is -0.00957. The molecule has 0 radical (unpaired) electrons. The minimum absolute atomic E-state index is 0.0739. The molecule has 88 valence electrons. The SMILES string of the molecule is CCOc1ccc(C(CC(=O)O)NC)cc1. The first-order valence-electron chi connectivity index (χ1n) is 5.29. The largest absolute Gasteiger partial charge is 0.494 e. The Bertz CT molecular complexity index is 335. The maximum atomic E-state index is 10.6. The van der Waals surface area contributed by atoms with E-state index < -0.39 is 5.97 Å². The molecule has 1 atom stereocenters. The summed E-state index contributed by atoms with van der Waals surface area (Å²) >= 11 is 0. The van der Waals surface area contributed by atoms with E-state index in [-0.39, 0.29) is 12.5 Å². The molecule has 4 heteroatoms. The third kappa shape index (κ3) is 3.55. The number of carboxylic acid groups (broad SMARTS) is 1. The normalized spacial score (nSPS) is 12.1. The number of carboxylic acids is 1. The summed E-state index contributed by atoms with van der Waals surface area (Å²) in [6.07, 6.45) is 0.0739. The summed E-state index contributed by atoms with van der Waals surface area (Å²) in [5.41, 5.74) is 0.952. The van der Waals surface area contributed by atoms with Gasteiger partial charge in [0, 0.05) is 6.04 Å². The molecule has 0 bridgehead atoms. The number of hydrogen-bond donors (Lipinski definition) is 2. The highest BCUT2D eigenvalue weighted by atomic mass is 16.5. The minimum Gasteiger partial charge on any atom is -0.494 e. The van der Waals surface area contributed by atoms with Crippen molar-refractivity contribution in [2.24, 2.45) is 0 Å². The lowest BCUT2D eigenvalue weighted by atomic mass is 10.0. The fraction of sp³-hybridized carbons (Fsp3) is 0.417. The minimum atomic E-state index is -0.812. The summed E-state index contributed by atoms with van der Waals surface area (Å²) < 4.78 is 5.32. The number of benzene rings is 1. The molecule has 0 saturated heterocycles. The molecule has 0 amide bonds. The van der Waals surface area contributed by atoms with Gasteiger partial charge < -0.3 is 15.2 Å². The first-order valence-corrected chi connectivity index (χ1v) is 5.29. The molecule has 0 heterocycles. The van der Waals surface area contributed by atoms with E-state index in [0.29, 0.717) is 6.61 Å². The molecule has 1 aromatic rings. The number of ether oxygens (including phenoxy) is 1. The first kappa shape index (κ1) is 12.5. The van der Waals surface area contributed by atoms with E-state index >= 15 is 0 Å². The van der Waals surface area contributed by atoms with Gasteiger partial charge in [-0.25, -0.2) is 0 Å². The second kappa shape index (κ2) is 6.12. The van der Waals surface area contributed by atoms with E-state index in [4.69, 9.17) is 9.84 Å². The molecular weight excluding hydrogens is 206 g/mol. The fourth-order valence-corrected chi connectivity index (χ4v) is 1.52. The summed E-state index contributed by atoms with van der Waals surface area (Å²) in [7, 11) is 1.75. The van der Waals surface area contributed by atoms with Gasteiger partial charge in [0.05, 0.1) is 13.0 Å². The van der Waals surface area contributed by atoms with Crippen LogP contribution < -0.4 is 10.1 Å². The molecule has 0 aromatic heterocycles. The molecule has 1 rings (SSSR count). The molecule has 0 fully saturated rings. The zero-order valence-corrected chi connectivity index (χ0v) is 9.56. The van der Waals surface area contributed by atoms with Gasteiger partial charge in [-0.15, -0.1) is 0 Å². The quantitative estimate of drug-likeness (QED) is 0.772. The van der Waals surface area contributed by atoms with Crippen molar-refractivity contribution in [3.8, 4) is 5.75 Å². The van der Waals surface area contributed by atoms with Crippen molar-refractivity contribution in [2.75, 3.05) is 13.7 Å². The second-order valence-corrected chi connectivity index (χ2v) is 3.44. The van der Waals surface area contributed by atoms with Gasteiger partial charge in [-0.05, 0) is 31.7 Å². The van der Waals surface area contributed by atoms with Gasteiger partial charge in [0.25, 0.3) is 0 Å². The van der Waals surface area contributed by atoms with E-state index in [1.54, 1.807) is 7.05 Å². The Morgan fingerprint density at radius 2 is 2.06 bits per heavy atom. The Morgan fingerprint density at radius 3 is 2.50 bits per heavy atom. The van der Waals surface area contributed by atoms with Crippen LogP contribution in [0.1, 0.15) is 24.9 Å². The lowest BCUT2D eigenvalue weighted by Crippen LogP contribution is -2.19. The van der Waals surface area contributed by atoms with Crippen LogP contribution in [0.3, 0.4) is 0 Å². The molecule has 0 saturated carbocycles. The Morgan fingerprint density at radius 1 is 1.44 bits per heavy atom. The monoisotopic (exact) mass is 223 g/mol. The molecule has 4 nitrogen and oxygen atoms in total. The zero-order valence-electron chi connectivity index (χ0n) is 9.56. The van der Waals surface area contributed by atoms with Crippen LogP contribution in [-0.4, -0.2) is 24.7 Å². The average molecular weight is 223 g/mol. The van der Waals surface area contributed by atoms with Crippen LogP contribution >= 0.6 is 0 Å². The third-order valence-corrected chi connectivity index (χ3v) is 2.32. The Hall–Kier alpha value is -1.55. The molecule has 0 aliphatic heterocycles. The smallest absolute Gasteiger partial charge is 0.305 e. The summed E-state index contributed by atoms with van der Waals surface area (Å²) in [6.45, 7) is 2.55. The number of aliphatic carboxylic acids is 1. The number of hydrogen-bond acceptors (Lipinski definition) is 3. The van der Waals surface area contributed by atoms with E-state index in [1.165, 1.54) is 0 Å². The van der Waals surface area contributed by atoms with Crippen molar-refractivity contribution in [2.45, 2.75) is 19.4 Å². The van der Waals surface area contributed by atoms with Crippen molar-refractivity contribution in [1.82, 2.24) is 5.32 Å². The molecule has 0 aliphatic rings. The number of carbonyl (C=O) groups is 1. The molecule has 2 N–H and O–H groups in total. The Labute approximate surface area is 95.2 Å². The van der Waals surface area contributed by atoms with E-state index in [1.807, 2.05) is 31.2 Å². The highest BCUT2D eigenvalue weighted by molar-refractivity contribution is 5.67. The zero-order chi connectivity index (χ0) is 12.0. The predicted molar refractivity (Wildman–Crippen MR) is 61.7 cm³/mol. The van der Waals surface area contributed by atoms with E-state index in [0.717, 1.165) is 11.3 Å². The van der Waals surface area contributed by atoms with Crippen LogP contribution in [0.15, 0.2) is 24.3 Å². The topological polar surface area (TPSA) is 58.6 Å². The van der Waals surface area contributed by atoms with Crippen molar-refractivity contribution >= 4 is 5.97 Å². The van der Waals surface area contributed by atoms with Crippen LogP contribution in [0.5, 0.6) is 5.75 Å². The van der Waals surface area contributed by atoms with Gasteiger partial charge in [0.15, 0.2) is 0 Å². The second-order valence-electron chi connectivity index (χ2n) is 3.44. The van der Waals surface area contributed by atoms with Crippen LogP contribution in [-0.2, 0) is 4.79 Å². The highest BCUT2D eigenvalue weighted by Crippen LogP contribution is 2.20. The highest BCUT2D eigenvalue weighted by Gasteiger charge is 2.12. The first-order chi connectivity index (χ1) is 7.67. The molecular formula is C12H17NO3. The summed E-state index contributed by atoms with van der Waals surface area (Å²) in [4.78, 5) is 10.6. The van der Waals surface area contributed by atoms with Gasteiger partial charge in [-0.1, -0.05) is 12.1 Å². The van der Waals surface area contributed by atoms with Crippen molar-refractivity contribution in [3.63, 3.8) is 0 Å². The van der Waals surface area contributed by atoms with Crippen molar-refractivity contribution in [3.05, 3.63) is 29.8 Å². The van der Waals surface area contributed by atoms with Gasteiger partial charge in [-0.3, -0.25) is 4.79 Å². The van der Waals surface area contributed by atoms with E-state index in [9.17, 15) is 4.79 Å². The van der Waals surface area contributed by atoms with Gasteiger partial charge in [0.1, 0.15) is 5.75 Å². The van der Waals surface area contributed by atoms with Crippen LogP contribution in [0, 0.1) is 0 Å². The number of rotatable bonds is 6. The maximum Gasteiger partial charge on any atom is 0.305 e. The molecule has 1 unspecified atom stereocenters. The predicted octanol–water partition coefficient (Wildman–Crippen LogP) is 1.82. The van der Waals surface area contributed by atoms with Crippen LogP contribution in [0.25, 0.3) is 0 Å². The Kier molecular flexibility index (Phi) is 4.79. The Balaban J connectivity index is 2.73. The lowest BCUT2D eigenvalue weighted by molar-refractivity contribution is -0.137. The molecule has 0 aliphatic carbocycles. The van der Waals surface area contributed by atoms with Gasteiger partial charge in [-0.2, -0.15) is 0 Å². The molecule has 1 aromatic carbocycles. The third-order valence-electron chi connectivity index (χ3n) is 2.32. The maximum absolute atomic E-state index is 10.6. The molecule has 16 heavy (non-hydrogen) atoms. The van der Waals surface area contributed by atoms with Crippen molar-refractivity contribution < 1.29 is 14.6 Å². The van der Waals surface area contributed by atoms with Gasteiger partial charge in [0.2, 0.25) is 0 Å². The standard InChI is InChI=1S/C12H17NO3/c1-3-16-10-6-4-9(5-7-10)11(13-2)8-12(14)15/h4-7,11,13H,3,8H2,1-2H3,(H,14,15). The van der Waals surface area contributed by atoms with Crippen molar-refractivity contribution in [1.29, 1.82) is 0 Å². The van der Waals surface area contributed by atoms with Crippen LogP contribution in [0.2, 0.25) is 0 Å². The van der Waals surface area contributed by atoms with Gasteiger partial charge >= 0.3 is 5.97 Å². The van der Waals surface area contributed by atoms with E-state index in [2.05, 4.69) is 5.32 Å². The summed E-state index contributed by atoms with van der Waals surface area (Å²) in [5, 5.41) is 11.7.